The van der Waals surface area contributed by atoms with Gasteiger partial charge in [0.2, 0.25) is 29.6 Å². The fourth-order valence-electron chi connectivity index (χ4n) is 8.41. The highest BCUT2D eigenvalue weighted by Crippen LogP contribution is 2.42. The summed E-state index contributed by atoms with van der Waals surface area (Å²) < 4.78 is 17.0. The Labute approximate surface area is 360 Å². The minimum Gasteiger partial charge on any atom is -0.508 e. The average molecular weight is 861 g/mol. The van der Waals surface area contributed by atoms with Crippen LogP contribution in [0.15, 0.2) is 73.3 Å². The number of nitrogens with one attached hydrogen (secondary N) is 2. The van der Waals surface area contributed by atoms with Gasteiger partial charge < -0.3 is 25.1 Å². The minimum atomic E-state index is -1.07. The highest BCUT2D eigenvalue weighted by Gasteiger charge is 2.45. The number of fused-ring (bicyclic) bond motifs is 3. The summed E-state index contributed by atoms with van der Waals surface area (Å²) in [6.07, 6.45) is 2.22. The molecule has 6 amide bonds. The van der Waals surface area contributed by atoms with E-state index in [0.29, 0.717) is 78.7 Å². The molecule has 3 aliphatic rings. The number of benzene rings is 4. The van der Waals surface area contributed by atoms with E-state index in [0.717, 1.165) is 4.90 Å². The molecule has 62 heavy (non-hydrogen) atoms. The van der Waals surface area contributed by atoms with Crippen LogP contribution in [0.25, 0.3) is 32.8 Å². The number of hydrogen-bond donors (Lipinski definition) is 3. The molecule has 318 valence electrons. The van der Waals surface area contributed by atoms with Gasteiger partial charge in [-0.2, -0.15) is 4.98 Å². The van der Waals surface area contributed by atoms with Crippen molar-refractivity contribution < 1.29 is 38.3 Å². The number of amides is 6. The first-order valence-corrected chi connectivity index (χ1v) is 20.6. The fourth-order valence-corrected chi connectivity index (χ4v) is 8.71. The molecular formula is C45H42ClFN8O7. The quantitative estimate of drug-likeness (QED) is 0.112. The summed E-state index contributed by atoms with van der Waals surface area (Å²) in [7, 11) is 1.66. The van der Waals surface area contributed by atoms with Crippen LogP contribution in [-0.4, -0.2) is 118 Å². The number of halogens is 2. The summed E-state index contributed by atoms with van der Waals surface area (Å²) in [4.78, 5) is 92.0. The monoisotopic (exact) mass is 860 g/mol. The van der Waals surface area contributed by atoms with Crippen molar-refractivity contribution in [3.63, 3.8) is 0 Å². The molecule has 2 fully saturated rings. The Morgan fingerprint density at radius 3 is 2.52 bits per heavy atom. The van der Waals surface area contributed by atoms with E-state index >= 15 is 4.39 Å². The lowest BCUT2D eigenvalue weighted by atomic mass is 9.96. The van der Waals surface area contributed by atoms with E-state index in [1.165, 1.54) is 12.1 Å². The minimum absolute atomic E-state index is 0.0230. The number of rotatable bonds is 12. The topological polar surface area (TPSA) is 185 Å². The van der Waals surface area contributed by atoms with Crippen molar-refractivity contribution in [1.29, 1.82) is 0 Å². The van der Waals surface area contributed by atoms with Gasteiger partial charge >= 0.3 is 0 Å². The Balaban J connectivity index is 0.974. The molecular weight excluding hydrogens is 819 g/mol. The Bertz CT molecular complexity index is 2720. The van der Waals surface area contributed by atoms with Crippen molar-refractivity contribution in [3.05, 3.63) is 101 Å². The molecule has 0 saturated carbocycles. The molecule has 4 aromatic carbocycles. The van der Waals surface area contributed by atoms with Gasteiger partial charge in [0.1, 0.15) is 23.1 Å². The average Bonchev–Trinajstić information content (AvgIpc) is 3.52. The van der Waals surface area contributed by atoms with Crippen LogP contribution in [0, 0.1) is 5.82 Å². The Kier molecular flexibility index (Phi) is 11.6. The number of aromatic hydroxyl groups is 1. The zero-order valence-electron chi connectivity index (χ0n) is 33.7. The van der Waals surface area contributed by atoms with Gasteiger partial charge in [0, 0.05) is 70.1 Å². The number of piperazine rings is 1. The fraction of sp³-hybridized carbons (Fsp3) is 0.289. The molecule has 2 saturated heterocycles. The zero-order chi connectivity index (χ0) is 43.8. The number of anilines is 2. The summed E-state index contributed by atoms with van der Waals surface area (Å²) in [6.45, 7) is 5.56. The van der Waals surface area contributed by atoms with Gasteiger partial charge in [-0.3, -0.25) is 39.0 Å². The Morgan fingerprint density at radius 1 is 0.984 bits per heavy atom. The number of carbonyl (C=O) groups is 6. The van der Waals surface area contributed by atoms with E-state index in [9.17, 15) is 33.9 Å². The van der Waals surface area contributed by atoms with Gasteiger partial charge in [0.25, 0.3) is 11.8 Å². The predicted octanol–water partition coefficient (Wildman–Crippen LogP) is 5.08. The second-order valence-corrected chi connectivity index (χ2v) is 15.8. The van der Waals surface area contributed by atoms with E-state index in [2.05, 4.69) is 22.2 Å². The normalized spacial score (nSPS) is 16.5. The molecule has 1 unspecified atom stereocenters. The second kappa shape index (κ2) is 17.2. The molecule has 8 rings (SSSR count). The number of phenols is 1. The summed E-state index contributed by atoms with van der Waals surface area (Å²) in [5.74, 6) is -3.00. The summed E-state index contributed by atoms with van der Waals surface area (Å²) in [5.41, 5.74) is 1.46. The summed E-state index contributed by atoms with van der Waals surface area (Å²) in [5, 5.41) is 17.7. The van der Waals surface area contributed by atoms with Crippen LogP contribution in [0.1, 0.15) is 52.0 Å². The first-order chi connectivity index (χ1) is 29.8. The van der Waals surface area contributed by atoms with Gasteiger partial charge in [-0.15, -0.1) is 0 Å². The van der Waals surface area contributed by atoms with Crippen molar-refractivity contribution in [3.8, 4) is 16.9 Å². The molecule has 3 N–H and O–H groups in total. The third-order valence-electron chi connectivity index (χ3n) is 11.6. The molecule has 1 aromatic heterocycles. The molecule has 5 aromatic rings. The van der Waals surface area contributed by atoms with E-state index in [4.69, 9.17) is 16.6 Å². The molecule has 17 heteroatoms. The van der Waals surface area contributed by atoms with Gasteiger partial charge in [-0.05, 0) is 71.5 Å². The molecule has 15 nitrogen and oxygen atoms in total. The van der Waals surface area contributed by atoms with Crippen LogP contribution >= 0.6 is 11.6 Å². The number of aromatic nitrogens is 2. The molecule has 0 bridgehead atoms. The van der Waals surface area contributed by atoms with Crippen molar-refractivity contribution in [2.75, 3.05) is 56.5 Å². The van der Waals surface area contributed by atoms with Crippen LogP contribution in [0.5, 0.6) is 5.75 Å². The van der Waals surface area contributed by atoms with Crippen molar-refractivity contribution in [1.82, 2.24) is 30.0 Å². The maximum absolute atomic E-state index is 17.0. The highest BCUT2D eigenvalue weighted by atomic mass is 35.5. The third kappa shape index (κ3) is 7.88. The van der Waals surface area contributed by atoms with E-state index in [1.54, 1.807) is 47.2 Å². The molecule has 0 aliphatic carbocycles. The summed E-state index contributed by atoms with van der Waals surface area (Å²) in [6, 6.07) is 15.8. The van der Waals surface area contributed by atoms with E-state index in [1.807, 2.05) is 29.2 Å². The molecule has 0 radical (unpaired) electrons. The Morgan fingerprint density at radius 2 is 1.76 bits per heavy atom. The number of piperidine rings is 1. The number of aryl methyl sites for hydroxylation is 1. The molecule has 3 aliphatic heterocycles. The second-order valence-electron chi connectivity index (χ2n) is 15.4. The van der Waals surface area contributed by atoms with Gasteiger partial charge in [-0.1, -0.05) is 54.6 Å². The van der Waals surface area contributed by atoms with Crippen LogP contribution < -0.4 is 15.5 Å². The van der Waals surface area contributed by atoms with Crippen molar-refractivity contribution in [2.45, 2.75) is 38.1 Å². The van der Waals surface area contributed by atoms with E-state index < -0.39 is 35.5 Å². The number of hydrogen-bond acceptors (Lipinski definition) is 11. The van der Waals surface area contributed by atoms with Crippen LogP contribution in [0.4, 0.5) is 16.2 Å². The third-order valence-corrected chi connectivity index (χ3v) is 11.9. The number of carbonyl (C=O) groups excluding carboxylic acids is 6. The van der Waals surface area contributed by atoms with Gasteiger partial charge in [0.15, 0.2) is 5.82 Å². The lowest BCUT2D eigenvalue weighted by Gasteiger charge is -2.35. The predicted molar refractivity (Wildman–Crippen MR) is 230 cm³/mol. The number of imide groups is 2. The molecule has 4 heterocycles. The molecule has 0 spiro atoms. The molecule has 1 atom stereocenters. The lowest BCUT2D eigenvalue weighted by Crippen LogP contribution is -2.54. The van der Waals surface area contributed by atoms with Crippen LogP contribution in [-0.2, 0) is 25.6 Å². The van der Waals surface area contributed by atoms with Crippen LogP contribution in [0.3, 0.4) is 0 Å². The first kappa shape index (κ1) is 41.8. The zero-order valence-corrected chi connectivity index (χ0v) is 34.5. The number of nitrogens with zero attached hydrogens (tertiary/aromatic N) is 6. The smallest absolute Gasteiger partial charge is 0.262 e. The first-order valence-electron chi connectivity index (χ1n) is 20.2. The van der Waals surface area contributed by atoms with Gasteiger partial charge in [0.05, 0.1) is 16.1 Å². The maximum atomic E-state index is 17.0. The van der Waals surface area contributed by atoms with Gasteiger partial charge in [-0.25, -0.2) is 9.37 Å². The lowest BCUT2D eigenvalue weighted by molar-refractivity contribution is -0.136. The van der Waals surface area contributed by atoms with Crippen molar-refractivity contribution in [2.24, 2.45) is 0 Å². The van der Waals surface area contributed by atoms with E-state index in [-0.39, 0.29) is 76.5 Å². The van der Waals surface area contributed by atoms with Crippen LogP contribution in [0.2, 0.25) is 5.02 Å². The largest absolute Gasteiger partial charge is 0.508 e. The standard InChI is InChI=1S/C45H42ClFN8O7/c1-3-35(58)53-18-20-54(21-19-53)41-31-24-32(46)38(30-23-27(56)22-26-8-4-5-11-28(26)30)39(47)40(31)50-45(51-41)48-16-15-36(59)52(2)17-7-10-25-9-6-12-29-37(25)44(62)55(43(29)61)33-13-14-34(57)49-42(33)60/h3-6,8-9,11-12,22-24,33,56H,1,7,10,13-21H2,2H3,(H,48,50,51)(H,49,57,60). The maximum Gasteiger partial charge on any atom is 0.262 e. The van der Waals surface area contributed by atoms with Crippen molar-refractivity contribution >= 4 is 80.5 Å². The number of phenolic OH excluding ortho intramolecular Hbond substituents is 1. The Hall–Kier alpha value is -6.94. The summed E-state index contributed by atoms with van der Waals surface area (Å²) >= 11 is 6.86. The SMILES string of the molecule is C=CC(=O)N1CCN(c2nc(NCCC(=O)N(C)CCCc3cccc4c3C(=O)N(C3CCC(=O)NC3=O)C4=O)nc3c(F)c(-c4cc(O)cc5ccccc45)c(Cl)cc23)CC1. The highest BCUT2D eigenvalue weighted by molar-refractivity contribution is 6.35.